The summed E-state index contributed by atoms with van der Waals surface area (Å²) in [6.45, 7) is 4.70. The van der Waals surface area contributed by atoms with E-state index in [0.717, 1.165) is 22.6 Å². The second-order valence-corrected chi connectivity index (χ2v) is 6.69. The zero-order valence-electron chi connectivity index (χ0n) is 15.4. The number of aryl methyl sites for hydroxylation is 2. The van der Waals surface area contributed by atoms with Crippen molar-refractivity contribution < 1.29 is 14.3 Å². The minimum Gasteiger partial charge on any atom is -0.497 e. The number of ether oxygens (including phenoxy) is 1. The van der Waals surface area contributed by atoms with Crippen LogP contribution < -0.4 is 15.0 Å². The zero-order valence-corrected chi connectivity index (χ0v) is 15.4. The predicted molar refractivity (Wildman–Crippen MR) is 102 cm³/mol. The average molecular weight is 352 g/mol. The number of carbonyl (C=O) groups is 2. The zero-order chi connectivity index (χ0) is 18.7. The number of rotatable bonds is 5. The first-order chi connectivity index (χ1) is 12.5. The van der Waals surface area contributed by atoms with E-state index in [0.29, 0.717) is 13.0 Å². The van der Waals surface area contributed by atoms with Gasteiger partial charge in [-0.3, -0.25) is 9.59 Å². The third-order valence-electron chi connectivity index (χ3n) is 4.87. The van der Waals surface area contributed by atoms with Crippen molar-refractivity contribution >= 4 is 17.5 Å². The number of hydrogen-bond donors (Lipinski definition) is 1. The van der Waals surface area contributed by atoms with Gasteiger partial charge in [0.15, 0.2) is 0 Å². The lowest BCUT2D eigenvalue weighted by atomic mass is 10.1. The molecular weight excluding hydrogens is 328 g/mol. The van der Waals surface area contributed by atoms with E-state index in [2.05, 4.69) is 5.32 Å². The van der Waals surface area contributed by atoms with Gasteiger partial charge >= 0.3 is 0 Å². The highest BCUT2D eigenvalue weighted by Crippen LogP contribution is 2.24. The number of carbonyl (C=O) groups excluding carboxylic acids is 2. The predicted octanol–water partition coefficient (Wildman–Crippen LogP) is 2.78. The second-order valence-electron chi connectivity index (χ2n) is 6.69. The molecule has 5 nitrogen and oxygen atoms in total. The maximum absolute atomic E-state index is 12.7. The standard InChI is InChI=1S/C21H24N2O3/c1-14-4-7-17(12-15(14)2)23-11-10-19(21(23)25)22-20(24)13-16-5-8-18(26-3)9-6-16/h4-9,12,19H,10-11,13H2,1-3H3,(H,22,24)/t19-/m1/s1. The lowest BCUT2D eigenvalue weighted by Gasteiger charge is -2.18. The van der Waals surface area contributed by atoms with Gasteiger partial charge in [-0.1, -0.05) is 18.2 Å². The highest BCUT2D eigenvalue weighted by Gasteiger charge is 2.33. The Morgan fingerprint density at radius 3 is 2.54 bits per heavy atom. The first kappa shape index (κ1) is 18.0. The molecule has 2 aromatic rings. The molecule has 2 aromatic carbocycles. The van der Waals surface area contributed by atoms with Crippen molar-refractivity contribution in [1.29, 1.82) is 0 Å². The van der Waals surface area contributed by atoms with Crippen LogP contribution in [0.25, 0.3) is 0 Å². The summed E-state index contributed by atoms with van der Waals surface area (Å²) in [5, 5.41) is 2.87. The molecule has 0 aromatic heterocycles. The van der Waals surface area contributed by atoms with Crippen molar-refractivity contribution in [3.63, 3.8) is 0 Å². The molecule has 1 saturated heterocycles. The van der Waals surface area contributed by atoms with E-state index < -0.39 is 6.04 Å². The molecule has 1 aliphatic heterocycles. The number of methoxy groups -OCH3 is 1. The van der Waals surface area contributed by atoms with Crippen molar-refractivity contribution in [3.8, 4) is 5.75 Å². The van der Waals surface area contributed by atoms with Crippen molar-refractivity contribution in [2.75, 3.05) is 18.6 Å². The third kappa shape index (κ3) is 3.87. The molecule has 2 amide bonds. The fourth-order valence-corrected chi connectivity index (χ4v) is 3.14. The molecule has 1 fully saturated rings. The molecule has 26 heavy (non-hydrogen) atoms. The lowest BCUT2D eigenvalue weighted by molar-refractivity contribution is -0.126. The maximum atomic E-state index is 12.7. The van der Waals surface area contributed by atoms with Gasteiger partial charge < -0.3 is 15.0 Å². The van der Waals surface area contributed by atoms with E-state index in [1.807, 2.05) is 56.3 Å². The molecule has 1 atom stereocenters. The molecule has 1 N–H and O–H groups in total. The van der Waals surface area contributed by atoms with Crippen LogP contribution in [0.3, 0.4) is 0 Å². The topological polar surface area (TPSA) is 58.6 Å². The quantitative estimate of drug-likeness (QED) is 0.900. The van der Waals surface area contributed by atoms with E-state index in [1.165, 1.54) is 5.56 Å². The summed E-state index contributed by atoms with van der Waals surface area (Å²) in [6.07, 6.45) is 0.873. The molecule has 0 radical (unpaired) electrons. The van der Waals surface area contributed by atoms with E-state index in [1.54, 1.807) is 12.0 Å². The molecule has 1 heterocycles. The molecule has 3 rings (SSSR count). The van der Waals surface area contributed by atoms with E-state index >= 15 is 0 Å². The Morgan fingerprint density at radius 1 is 1.15 bits per heavy atom. The molecule has 136 valence electrons. The monoisotopic (exact) mass is 352 g/mol. The Kier molecular flexibility index (Phi) is 5.26. The van der Waals surface area contributed by atoms with Crippen molar-refractivity contribution in [2.24, 2.45) is 0 Å². The molecular formula is C21H24N2O3. The van der Waals surface area contributed by atoms with Crippen LogP contribution in [0.4, 0.5) is 5.69 Å². The number of anilines is 1. The van der Waals surface area contributed by atoms with Crippen LogP contribution in [0.1, 0.15) is 23.1 Å². The minimum absolute atomic E-state index is 0.0451. The van der Waals surface area contributed by atoms with Gasteiger partial charge in [0, 0.05) is 12.2 Å². The van der Waals surface area contributed by atoms with Gasteiger partial charge in [0.2, 0.25) is 11.8 Å². The normalized spacial score (nSPS) is 16.7. The molecule has 1 aliphatic rings. The highest BCUT2D eigenvalue weighted by atomic mass is 16.5. The van der Waals surface area contributed by atoms with Gasteiger partial charge in [0.25, 0.3) is 0 Å². The number of amides is 2. The Bertz CT molecular complexity index is 815. The van der Waals surface area contributed by atoms with Crippen LogP contribution >= 0.6 is 0 Å². The largest absolute Gasteiger partial charge is 0.497 e. The molecule has 5 heteroatoms. The van der Waals surface area contributed by atoms with Crippen molar-refractivity contribution in [1.82, 2.24) is 5.32 Å². The molecule has 0 bridgehead atoms. The Hall–Kier alpha value is -2.82. The summed E-state index contributed by atoms with van der Waals surface area (Å²) in [5.74, 6) is 0.566. The van der Waals surface area contributed by atoms with Crippen molar-refractivity contribution in [3.05, 3.63) is 59.2 Å². The summed E-state index contributed by atoms with van der Waals surface area (Å²) < 4.78 is 5.11. The van der Waals surface area contributed by atoms with Crippen LogP contribution in [0, 0.1) is 13.8 Å². The summed E-state index contributed by atoms with van der Waals surface area (Å²) in [7, 11) is 1.61. The van der Waals surface area contributed by atoms with E-state index in [4.69, 9.17) is 4.74 Å². The summed E-state index contributed by atoms with van der Waals surface area (Å²) in [6, 6.07) is 12.9. The molecule has 0 unspecified atom stereocenters. The van der Waals surface area contributed by atoms with Crippen LogP contribution in [0.2, 0.25) is 0 Å². The number of hydrogen-bond acceptors (Lipinski definition) is 3. The van der Waals surface area contributed by atoms with E-state index in [9.17, 15) is 9.59 Å². The van der Waals surface area contributed by atoms with Gasteiger partial charge in [0.1, 0.15) is 11.8 Å². The van der Waals surface area contributed by atoms with Gasteiger partial charge in [-0.2, -0.15) is 0 Å². The fourth-order valence-electron chi connectivity index (χ4n) is 3.14. The van der Waals surface area contributed by atoms with Crippen LogP contribution in [-0.2, 0) is 16.0 Å². The van der Waals surface area contributed by atoms with E-state index in [-0.39, 0.29) is 18.2 Å². The van der Waals surface area contributed by atoms with Crippen molar-refractivity contribution in [2.45, 2.75) is 32.7 Å². The van der Waals surface area contributed by atoms with Gasteiger partial charge in [-0.05, 0) is 61.2 Å². The summed E-state index contributed by atoms with van der Waals surface area (Å²) >= 11 is 0. The third-order valence-corrected chi connectivity index (χ3v) is 4.87. The smallest absolute Gasteiger partial charge is 0.249 e. The summed E-state index contributed by atoms with van der Waals surface area (Å²) in [4.78, 5) is 26.7. The SMILES string of the molecule is COc1ccc(CC(=O)N[C@@H]2CCN(c3ccc(C)c(C)c3)C2=O)cc1. The number of nitrogens with zero attached hydrogens (tertiary/aromatic N) is 1. The Morgan fingerprint density at radius 2 is 1.88 bits per heavy atom. The average Bonchev–Trinajstić information content (AvgIpc) is 2.98. The summed E-state index contributed by atoms with van der Waals surface area (Å²) in [5.41, 5.74) is 4.14. The Labute approximate surface area is 154 Å². The fraction of sp³-hybridized carbons (Fsp3) is 0.333. The highest BCUT2D eigenvalue weighted by molar-refractivity contribution is 6.01. The Balaban J connectivity index is 1.60. The number of benzene rings is 2. The minimum atomic E-state index is -0.456. The number of nitrogens with one attached hydrogen (secondary N) is 1. The first-order valence-electron chi connectivity index (χ1n) is 8.79. The van der Waals surface area contributed by atoms with Crippen LogP contribution in [0.15, 0.2) is 42.5 Å². The van der Waals surface area contributed by atoms with Crippen LogP contribution in [-0.4, -0.2) is 31.5 Å². The molecule has 0 saturated carbocycles. The maximum Gasteiger partial charge on any atom is 0.249 e. The molecule has 0 spiro atoms. The van der Waals surface area contributed by atoms with Crippen LogP contribution in [0.5, 0.6) is 5.75 Å². The van der Waals surface area contributed by atoms with Gasteiger partial charge in [-0.15, -0.1) is 0 Å². The molecule has 0 aliphatic carbocycles. The van der Waals surface area contributed by atoms with Gasteiger partial charge in [-0.25, -0.2) is 0 Å². The lowest BCUT2D eigenvalue weighted by Crippen LogP contribution is -2.42. The van der Waals surface area contributed by atoms with Gasteiger partial charge in [0.05, 0.1) is 13.5 Å². The second kappa shape index (κ2) is 7.60. The first-order valence-corrected chi connectivity index (χ1v) is 8.79.